The van der Waals surface area contributed by atoms with Gasteiger partial charge in [0, 0.05) is 21.1 Å². The fourth-order valence-electron chi connectivity index (χ4n) is 1.84. The van der Waals surface area contributed by atoms with Gasteiger partial charge < -0.3 is 4.90 Å². The number of aromatic nitrogens is 2. The van der Waals surface area contributed by atoms with Gasteiger partial charge in [-0.1, -0.05) is 23.7 Å². The molecule has 1 aromatic carbocycles. The molecule has 0 saturated carbocycles. The van der Waals surface area contributed by atoms with Crippen LogP contribution >= 0.6 is 23.2 Å². The number of nitrogens with zero attached hydrogens (tertiary/aromatic N) is 4. The first-order chi connectivity index (χ1) is 10.2. The molecular formula is C13H14Cl2N4O2S. The molecule has 22 heavy (non-hydrogen) atoms. The molecule has 0 spiro atoms. The minimum Gasteiger partial charge on any atom is -0.327 e. The number of hydrogen-bond donors (Lipinski definition) is 0. The summed E-state index contributed by atoms with van der Waals surface area (Å²) in [6.45, 7) is 0. The van der Waals surface area contributed by atoms with E-state index in [1.165, 1.54) is 26.4 Å². The maximum atomic E-state index is 12.4. The molecule has 118 valence electrons. The Morgan fingerprint density at radius 1 is 1.09 bits per heavy atom. The summed E-state index contributed by atoms with van der Waals surface area (Å²) in [5.74, 6) is 0.322. The Hall–Kier alpha value is -1.41. The summed E-state index contributed by atoms with van der Waals surface area (Å²) in [4.78, 5) is 9.55. The standard InChI is InChI=1S/C13H14Cl2N4O2S/c1-18(2)22(20,21)11-7-5-4-6-10(11)19(3)12-9(14)8-16-13(15)17-12/h4-8H,1-3H3. The van der Waals surface area contributed by atoms with Crippen molar-refractivity contribution in [2.45, 2.75) is 4.90 Å². The average molecular weight is 361 g/mol. The highest BCUT2D eigenvalue weighted by molar-refractivity contribution is 7.89. The molecule has 0 atom stereocenters. The van der Waals surface area contributed by atoms with Crippen LogP contribution in [0.2, 0.25) is 10.3 Å². The monoisotopic (exact) mass is 360 g/mol. The second-order valence-corrected chi connectivity index (χ2v) is 7.49. The molecule has 0 saturated heterocycles. The van der Waals surface area contributed by atoms with Crippen molar-refractivity contribution in [1.29, 1.82) is 0 Å². The summed E-state index contributed by atoms with van der Waals surface area (Å²) in [6, 6.07) is 6.58. The Morgan fingerprint density at radius 2 is 1.73 bits per heavy atom. The molecule has 2 rings (SSSR count). The van der Waals surface area contributed by atoms with Crippen LogP contribution in [0.25, 0.3) is 0 Å². The summed E-state index contributed by atoms with van der Waals surface area (Å²) < 4.78 is 26.0. The molecule has 9 heteroatoms. The van der Waals surface area contributed by atoms with Gasteiger partial charge in [0.25, 0.3) is 0 Å². The lowest BCUT2D eigenvalue weighted by molar-refractivity contribution is 0.521. The second-order valence-electron chi connectivity index (χ2n) is 4.62. The second kappa shape index (κ2) is 6.37. The van der Waals surface area contributed by atoms with Crippen LogP contribution in [0.1, 0.15) is 0 Å². The van der Waals surface area contributed by atoms with Crippen LogP contribution in [-0.4, -0.2) is 43.8 Å². The van der Waals surface area contributed by atoms with Gasteiger partial charge in [-0.25, -0.2) is 17.7 Å². The fourth-order valence-corrected chi connectivity index (χ4v) is 3.30. The fraction of sp³-hybridized carbons (Fsp3) is 0.231. The lowest BCUT2D eigenvalue weighted by Gasteiger charge is -2.23. The van der Waals surface area contributed by atoms with Crippen LogP contribution in [0.3, 0.4) is 0 Å². The number of rotatable bonds is 4. The molecule has 0 fully saturated rings. The summed E-state index contributed by atoms with van der Waals surface area (Å²) >= 11 is 11.9. The zero-order valence-electron chi connectivity index (χ0n) is 12.2. The predicted molar refractivity (Wildman–Crippen MR) is 87.4 cm³/mol. The molecule has 0 aliphatic heterocycles. The molecule has 0 aliphatic rings. The van der Waals surface area contributed by atoms with Crippen molar-refractivity contribution in [3.05, 3.63) is 40.8 Å². The lowest BCUT2D eigenvalue weighted by Crippen LogP contribution is -2.25. The first kappa shape index (κ1) is 17.0. The van der Waals surface area contributed by atoms with E-state index in [-0.39, 0.29) is 15.2 Å². The van der Waals surface area contributed by atoms with Gasteiger partial charge in [0.05, 0.1) is 11.9 Å². The number of benzene rings is 1. The van der Waals surface area contributed by atoms with E-state index in [2.05, 4.69) is 9.97 Å². The minimum absolute atomic E-state index is 0.0270. The van der Waals surface area contributed by atoms with E-state index in [1.807, 2.05) is 0 Å². The van der Waals surface area contributed by atoms with Crippen LogP contribution in [0, 0.1) is 0 Å². The van der Waals surface area contributed by atoms with E-state index in [0.29, 0.717) is 11.5 Å². The van der Waals surface area contributed by atoms with E-state index in [9.17, 15) is 8.42 Å². The van der Waals surface area contributed by atoms with Gasteiger partial charge in [0.2, 0.25) is 15.3 Å². The Morgan fingerprint density at radius 3 is 2.36 bits per heavy atom. The molecule has 6 nitrogen and oxygen atoms in total. The number of para-hydroxylation sites is 1. The molecular weight excluding hydrogens is 347 g/mol. The van der Waals surface area contributed by atoms with Crippen molar-refractivity contribution in [2.24, 2.45) is 0 Å². The predicted octanol–water partition coefficient (Wildman–Crippen LogP) is 2.80. The van der Waals surface area contributed by atoms with Crippen molar-refractivity contribution < 1.29 is 8.42 Å². The van der Waals surface area contributed by atoms with Crippen molar-refractivity contribution in [1.82, 2.24) is 14.3 Å². The van der Waals surface area contributed by atoms with E-state index in [0.717, 1.165) is 4.31 Å². The Bertz CT molecular complexity index is 796. The summed E-state index contributed by atoms with van der Waals surface area (Å²) in [5, 5.41) is 0.295. The molecule has 1 heterocycles. The molecule has 0 radical (unpaired) electrons. The molecule has 0 amide bonds. The van der Waals surface area contributed by atoms with Gasteiger partial charge in [-0.15, -0.1) is 0 Å². The lowest BCUT2D eigenvalue weighted by atomic mass is 10.3. The topological polar surface area (TPSA) is 66.4 Å². The molecule has 0 unspecified atom stereocenters. The van der Waals surface area contributed by atoms with Crippen LogP contribution in [0.4, 0.5) is 11.5 Å². The third-order valence-electron chi connectivity index (χ3n) is 3.00. The maximum absolute atomic E-state index is 12.4. The first-order valence-corrected chi connectivity index (χ1v) is 8.38. The summed E-state index contributed by atoms with van der Waals surface area (Å²) in [5.41, 5.74) is 0.438. The SMILES string of the molecule is CN(c1ccccc1S(=O)(=O)N(C)C)c1nc(Cl)ncc1Cl. The minimum atomic E-state index is -3.61. The summed E-state index contributed by atoms with van der Waals surface area (Å²) in [6.07, 6.45) is 1.37. The average Bonchev–Trinajstić information content (AvgIpc) is 2.49. The zero-order chi connectivity index (χ0) is 16.5. The van der Waals surface area contributed by atoms with Crippen molar-refractivity contribution in [3.8, 4) is 0 Å². The highest BCUT2D eigenvalue weighted by Gasteiger charge is 2.24. The van der Waals surface area contributed by atoms with Crippen LogP contribution in [0.15, 0.2) is 35.4 Å². The Balaban J connectivity index is 2.61. The Kier molecular flexibility index (Phi) is 4.91. The van der Waals surface area contributed by atoms with E-state index >= 15 is 0 Å². The zero-order valence-corrected chi connectivity index (χ0v) is 14.5. The molecule has 0 bridgehead atoms. The largest absolute Gasteiger partial charge is 0.327 e. The van der Waals surface area contributed by atoms with Gasteiger partial charge >= 0.3 is 0 Å². The van der Waals surface area contributed by atoms with Gasteiger partial charge in [0.15, 0.2) is 5.82 Å². The quantitative estimate of drug-likeness (QED) is 0.784. The maximum Gasteiger partial charge on any atom is 0.244 e. The van der Waals surface area contributed by atoms with Gasteiger partial charge in [-0.05, 0) is 23.7 Å². The van der Waals surface area contributed by atoms with E-state index in [1.54, 1.807) is 30.1 Å². The summed E-state index contributed by atoms with van der Waals surface area (Å²) in [7, 11) is 0.996. The van der Waals surface area contributed by atoms with Crippen LogP contribution in [0.5, 0.6) is 0 Å². The first-order valence-electron chi connectivity index (χ1n) is 6.18. The number of halogens is 2. The Labute approximate surface area is 139 Å². The van der Waals surface area contributed by atoms with Crippen molar-refractivity contribution in [3.63, 3.8) is 0 Å². The molecule has 2 aromatic rings. The van der Waals surface area contributed by atoms with Crippen molar-refractivity contribution in [2.75, 3.05) is 26.0 Å². The number of sulfonamides is 1. The van der Waals surface area contributed by atoms with Crippen molar-refractivity contribution >= 4 is 44.7 Å². The third-order valence-corrected chi connectivity index (χ3v) is 5.31. The molecule has 0 aliphatic carbocycles. The smallest absolute Gasteiger partial charge is 0.244 e. The normalized spacial score (nSPS) is 11.7. The van der Waals surface area contributed by atoms with E-state index in [4.69, 9.17) is 23.2 Å². The number of hydrogen-bond acceptors (Lipinski definition) is 5. The molecule has 1 aromatic heterocycles. The molecule has 0 N–H and O–H groups in total. The number of anilines is 2. The van der Waals surface area contributed by atoms with Gasteiger partial charge in [0.1, 0.15) is 9.92 Å². The van der Waals surface area contributed by atoms with E-state index < -0.39 is 10.0 Å². The van der Waals surface area contributed by atoms with Gasteiger partial charge in [-0.2, -0.15) is 4.98 Å². The van der Waals surface area contributed by atoms with Crippen LogP contribution < -0.4 is 4.90 Å². The van der Waals surface area contributed by atoms with Gasteiger partial charge in [-0.3, -0.25) is 0 Å². The highest BCUT2D eigenvalue weighted by Crippen LogP contribution is 2.33. The highest BCUT2D eigenvalue weighted by atomic mass is 35.5. The van der Waals surface area contributed by atoms with Crippen LogP contribution in [-0.2, 0) is 10.0 Å². The third kappa shape index (κ3) is 3.17.